The average molecular weight is 191 g/mol. The summed E-state index contributed by atoms with van der Waals surface area (Å²) in [4.78, 5) is 0. The van der Waals surface area contributed by atoms with Crippen LogP contribution in [0.4, 0.5) is 5.69 Å². The van der Waals surface area contributed by atoms with E-state index in [2.05, 4.69) is 19.2 Å². The van der Waals surface area contributed by atoms with E-state index in [1.807, 2.05) is 12.1 Å². The first-order valence-electron chi connectivity index (χ1n) is 5.30. The van der Waals surface area contributed by atoms with Crippen LogP contribution in [0.25, 0.3) is 0 Å². The fraction of sp³-hybridized carbons (Fsp3) is 0.500. The first-order chi connectivity index (χ1) is 6.70. The predicted octanol–water partition coefficient (Wildman–Crippen LogP) is 3.09. The third kappa shape index (κ3) is 1.57. The summed E-state index contributed by atoms with van der Waals surface area (Å²) < 4.78 is 0. The van der Waals surface area contributed by atoms with E-state index >= 15 is 0 Å². The van der Waals surface area contributed by atoms with Gasteiger partial charge in [0.1, 0.15) is 5.75 Å². The summed E-state index contributed by atoms with van der Waals surface area (Å²) in [7, 11) is 0. The van der Waals surface area contributed by atoms with Gasteiger partial charge in [-0.2, -0.15) is 0 Å². The maximum atomic E-state index is 9.39. The molecule has 1 aromatic carbocycles. The standard InChI is InChI=1S/C12H17NO/c1-3-9-6-8(2)13-12-7-10(14)4-5-11(9)12/h4-5,7-9,13-14H,3,6H2,1-2H3. The van der Waals surface area contributed by atoms with Gasteiger partial charge in [-0.15, -0.1) is 0 Å². The van der Waals surface area contributed by atoms with E-state index in [-0.39, 0.29) is 0 Å². The number of nitrogens with one attached hydrogen (secondary N) is 1. The number of hydrogen-bond donors (Lipinski definition) is 2. The summed E-state index contributed by atoms with van der Waals surface area (Å²) in [6.07, 6.45) is 2.36. The van der Waals surface area contributed by atoms with E-state index in [4.69, 9.17) is 0 Å². The highest BCUT2D eigenvalue weighted by Gasteiger charge is 2.22. The molecular weight excluding hydrogens is 174 g/mol. The smallest absolute Gasteiger partial charge is 0.117 e. The van der Waals surface area contributed by atoms with Crippen molar-refractivity contribution in [2.24, 2.45) is 0 Å². The van der Waals surface area contributed by atoms with Gasteiger partial charge >= 0.3 is 0 Å². The van der Waals surface area contributed by atoms with Crippen LogP contribution in [0.3, 0.4) is 0 Å². The molecule has 2 atom stereocenters. The number of anilines is 1. The van der Waals surface area contributed by atoms with Crippen molar-refractivity contribution in [1.29, 1.82) is 0 Å². The molecule has 0 aromatic heterocycles. The second kappa shape index (κ2) is 3.52. The first kappa shape index (κ1) is 9.38. The quantitative estimate of drug-likeness (QED) is 0.715. The topological polar surface area (TPSA) is 32.3 Å². The molecule has 0 bridgehead atoms. The minimum absolute atomic E-state index is 0.347. The van der Waals surface area contributed by atoms with Gasteiger partial charge in [-0.3, -0.25) is 0 Å². The number of phenolic OH excluding ortho intramolecular Hbond substituents is 1. The zero-order valence-electron chi connectivity index (χ0n) is 8.75. The number of hydrogen-bond acceptors (Lipinski definition) is 2. The van der Waals surface area contributed by atoms with E-state index in [1.54, 1.807) is 6.07 Å². The third-order valence-electron chi connectivity index (χ3n) is 3.01. The molecule has 76 valence electrons. The van der Waals surface area contributed by atoms with Crippen LogP contribution in [0.2, 0.25) is 0 Å². The van der Waals surface area contributed by atoms with Crippen molar-refractivity contribution in [2.45, 2.75) is 38.6 Å². The molecule has 0 aliphatic carbocycles. The zero-order valence-corrected chi connectivity index (χ0v) is 8.75. The number of fused-ring (bicyclic) bond motifs is 1. The number of rotatable bonds is 1. The van der Waals surface area contributed by atoms with E-state index in [0.29, 0.717) is 17.7 Å². The molecule has 0 radical (unpaired) electrons. The van der Waals surface area contributed by atoms with Gasteiger partial charge in [0.05, 0.1) is 0 Å². The SMILES string of the molecule is CCC1CC(C)Nc2cc(O)ccc21. The van der Waals surface area contributed by atoms with Gasteiger partial charge in [0.25, 0.3) is 0 Å². The van der Waals surface area contributed by atoms with Gasteiger partial charge in [0, 0.05) is 17.8 Å². The maximum absolute atomic E-state index is 9.39. The lowest BCUT2D eigenvalue weighted by Crippen LogP contribution is -2.24. The van der Waals surface area contributed by atoms with Crippen LogP contribution >= 0.6 is 0 Å². The van der Waals surface area contributed by atoms with Gasteiger partial charge in [-0.25, -0.2) is 0 Å². The Morgan fingerprint density at radius 2 is 2.29 bits per heavy atom. The van der Waals surface area contributed by atoms with Gasteiger partial charge in [-0.05, 0) is 37.3 Å². The highest BCUT2D eigenvalue weighted by Crippen LogP contribution is 2.37. The van der Waals surface area contributed by atoms with E-state index < -0.39 is 0 Å². The number of phenols is 1. The molecule has 0 amide bonds. The molecular formula is C12H17NO. The van der Waals surface area contributed by atoms with Crippen molar-refractivity contribution in [3.05, 3.63) is 23.8 Å². The normalized spacial score (nSPS) is 25.3. The van der Waals surface area contributed by atoms with Crippen LogP contribution < -0.4 is 5.32 Å². The van der Waals surface area contributed by atoms with Crippen LogP contribution in [-0.2, 0) is 0 Å². The zero-order chi connectivity index (χ0) is 10.1. The molecule has 0 spiro atoms. The molecule has 2 rings (SSSR count). The molecule has 1 heterocycles. The molecule has 2 N–H and O–H groups in total. The summed E-state index contributed by atoms with van der Waals surface area (Å²) in [5, 5.41) is 12.8. The summed E-state index contributed by atoms with van der Waals surface area (Å²) in [5.41, 5.74) is 2.46. The summed E-state index contributed by atoms with van der Waals surface area (Å²) in [6.45, 7) is 4.41. The van der Waals surface area contributed by atoms with Crippen molar-refractivity contribution in [3.8, 4) is 5.75 Å². The summed E-state index contributed by atoms with van der Waals surface area (Å²) in [5.74, 6) is 0.988. The molecule has 0 saturated carbocycles. The minimum Gasteiger partial charge on any atom is -0.508 e. The van der Waals surface area contributed by atoms with E-state index in [9.17, 15) is 5.11 Å². The molecule has 14 heavy (non-hydrogen) atoms. The number of benzene rings is 1. The van der Waals surface area contributed by atoms with Gasteiger partial charge in [0.2, 0.25) is 0 Å². The molecule has 1 aliphatic rings. The highest BCUT2D eigenvalue weighted by atomic mass is 16.3. The van der Waals surface area contributed by atoms with Crippen LogP contribution in [0.15, 0.2) is 18.2 Å². The van der Waals surface area contributed by atoms with Crippen LogP contribution in [-0.4, -0.2) is 11.1 Å². The first-order valence-corrected chi connectivity index (χ1v) is 5.30. The second-order valence-corrected chi connectivity index (χ2v) is 4.16. The molecule has 2 unspecified atom stereocenters. The Kier molecular flexibility index (Phi) is 2.36. The Labute approximate surface area is 85.0 Å². The average Bonchev–Trinajstić information content (AvgIpc) is 2.15. The minimum atomic E-state index is 0.347. The lowest BCUT2D eigenvalue weighted by molar-refractivity contribution is 0.473. The molecule has 2 heteroatoms. The Bertz CT molecular complexity index is 335. The van der Waals surface area contributed by atoms with Crippen molar-refractivity contribution in [1.82, 2.24) is 0 Å². The van der Waals surface area contributed by atoms with E-state index in [0.717, 1.165) is 5.69 Å². The molecule has 1 aliphatic heterocycles. The van der Waals surface area contributed by atoms with Crippen molar-refractivity contribution < 1.29 is 5.11 Å². The van der Waals surface area contributed by atoms with Crippen molar-refractivity contribution in [3.63, 3.8) is 0 Å². The Morgan fingerprint density at radius 3 is 3.00 bits per heavy atom. The Morgan fingerprint density at radius 1 is 1.50 bits per heavy atom. The Hall–Kier alpha value is -1.18. The summed E-state index contributed by atoms with van der Waals surface area (Å²) in [6, 6.07) is 6.15. The van der Waals surface area contributed by atoms with Crippen LogP contribution in [0.1, 0.15) is 38.2 Å². The van der Waals surface area contributed by atoms with E-state index in [1.165, 1.54) is 18.4 Å². The highest BCUT2D eigenvalue weighted by molar-refractivity contribution is 5.58. The fourth-order valence-electron chi connectivity index (χ4n) is 2.29. The van der Waals surface area contributed by atoms with Crippen LogP contribution in [0, 0.1) is 0 Å². The predicted molar refractivity (Wildman–Crippen MR) is 58.8 cm³/mol. The Balaban J connectivity index is 2.40. The largest absolute Gasteiger partial charge is 0.508 e. The number of aromatic hydroxyl groups is 1. The maximum Gasteiger partial charge on any atom is 0.117 e. The molecule has 2 nitrogen and oxygen atoms in total. The molecule has 0 saturated heterocycles. The fourth-order valence-corrected chi connectivity index (χ4v) is 2.29. The second-order valence-electron chi connectivity index (χ2n) is 4.16. The molecule has 1 aromatic rings. The van der Waals surface area contributed by atoms with Crippen molar-refractivity contribution >= 4 is 5.69 Å². The molecule has 0 fully saturated rings. The third-order valence-corrected chi connectivity index (χ3v) is 3.01. The van der Waals surface area contributed by atoms with Gasteiger partial charge < -0.3 is 10.4 Å². The van der Waals surface area contributed by atoms with Crippen molar-refractivity contribution in [2.75, 3.05) is 5.32 Å². The van der Waals surface area contributed by atoms with Crippen LogP contribution in [0.5, 0.6) is 5.75 Å². The lowest BCUT2D eigenvalue weighted by Gasteiger charge is -2.30. The van der Waals surface area contributed by atoms with Gasteiger partial charge in [0.15, 0.2) is 0 Å². The summed E-state index contributed by atoms with van der Waals surface area (Å²) >= 11 is 0. The monoisotopic (exact) mass is 191 g/mol. The lowest BCUT2D eigenvalue weighted by atomic mass is 9.86. The van der Waals surface area contributed by atoms with Gasteiger partial charge in [-0.1, -0.05) is 13.0 Å².